The molecule has 34 heavy (non-hydrogen) atoms. The molecule has 1 aliphatic rings. The number of aryl methyl sites for hydroxylation is 1. The number of hydrogen-bond donors (Lipinski definition) is 2. The van der Waals surface area contributed by atoms with Crippen molar-refractivity contribution in [3.05, 3.63) is 82.9 Å². The average Bonchev–Trinajstić information content (AvgIpc) is 3.32. The highest BCUT2D eigenvalue weighted by Crippen LogP contribution is 2.41. The van der Waals surface area contributed by atoms with E-state index >= 15 is 0 Å². The Hall–Kier alpha value is -3.72. The number of rotatable bonds is 7. The topological polar surface area (TPSA) is 96.7 Å². The van der Waals surface area contributed by atoms with Crippen LogP contribution in [0.1, 0.15) is 51.5 Å². The summed E-state index contributed by atoms with van der Waals surface area (Å²) in [6, 6.07) is 14.3. The lowest BCUT2D eigenvalue weighted by atomic mass is 9.96. The van der Waals surface area contributed by atoms with Gasteiger partial charge in [-0.15, -0.1) is 0 Å². The lowest BCUT2D eigenvalue weighted by Crippen LogP contribution is -2.32. The van der Waals surface area contributed by atoms with Crippen molar-refractivity contribution < 1.29 is 19.4 Å². The molecule has 0 aliphatic carbocycles. The second-order valence-corrected chi connectivity index (χ2v) is 8.55. The minimum Gasteiger partial charge on any atom is -0.478 e. The highest BCUT2D eigenvalue weighted by atomic mass is 32.1. The van der Waals surface area contributed by atoms with Gasteiger partial charge in [-0.25, -0.2) is 4.79 Å². The molecule has 1 saturated heterocycles. The van der Waals surface area contributed by atoms with E-state index in [1.54, 1.807) is 30.5 Å². The van der Waals surface area contributed by atoms with E-state index in [9.17, 15) is 14.7 Å². The van der Waals surface area contributed by atoms with Crippen LogP contribution in [-0.2, 0) is 9.53 Å². The van der Waals surface area contributed by atoms with Crippen LogP contribution in [0.3, 0.4) is 0 Å². The Kier molecular flexibility index (Phi) is 6.65. The highest BCUT2D eigenvalue weighted by Gasteiger charge is 2.41. The van der Waals surface area contributed by atoms with Crippen LogP contribution in [0.15, 0.2) is 54.7 Å². The molecule has 0 amide bonds. The molecule has 1 aromatic carbocycles. The predicted molar refractivity (Wildman–Crippen MR) is 131 cm³/mol. The number of nitrogens with one attached hydrogen (secondary N) is 1. The van der Waals surface area contributed by atoms with Crippen LogP contribution in [0, 0.1) is 13.8 Å². The Bertz CT molecular complexity index is 1220. The van der Waals surface area contributed by atoms with Crippen LogP contribution in [0.4, 0.5) is 0 Å². The second-order valence-electron chi connectivity index (χ2n) is 8.16. The van der Waals surface area contributed by atoms with Gasteiger partial charge in [0.2, 0.25) is 0 Å². The van der Waals surface area contributed by atoms with Crippen molar-refractivity contribution in [2.75, 3.05) is 13.7 Å². The molecule has 176 valence electrons. The average molecular weight is 479 g/mol. The largest absolute Gasteiger partial charge is 0.478 e. The maximum Gasteiger partial charge on any atom is 0.335 e. The number of esters is 1. The van der Waals surface area contributed by atoms with Crippen molar-refractivity contribution in [2.24, 2.45) is 0 Å². The molecule has 0 unspecified atom stereocenters. The van der Waals surface area contributed by atoms with E-state index in [1.165, 1.54) is 7.11 Å². The van der Waals surface area contributed by atoms with E-state index in [0.29, 0.717) is 11.7 Å². The maximum atomic E-state index is 11.9. The lowest BCUT2D eigenvalue weighted by molar-refractivity contribution is -0.140. The van der Waals surface area contributed by atoms with Gasteiger partial charge in [0.25, 0.3) is 0 Å². The van der Waals surface area contributed by atoms with Crippen LogP contribution in [0.5, 0.6) is 0 Å². The standard InChI is InChI=1S/C25H26N4O4S/c1-15-14-19(16(2)29(15)18-9-7-17(8-10-18)24(31)32)23-22(20-6-4-5-12-26-20)27-25(34)28(23)13-11-21(30)33-3/h4-10,12,14,22-23H,11,13H2,1-3H3,(H,27,34)(H,31,32)/t22-,23+/m0/s1. The van der Waals surface area contributed by atoms with Gasteiger partial charge in [0.05, 0.1) is 36.9 Å². The number of ether oxygens (including phenoxy) is 1. The number of aromatic nitrogens is 2. The van der Waals surface area contributed by atoms with Gasteiger partial charge in [0.15, 0.2) is 5.11 Å². The van der Waals surface area contributed by atoms with Crippen molar-refractivity contribution in [1.29, 1.82) is 0 Å². The molecule has 4 rings (SSSR count). The molecule has 0 bridgehead atoms. The van der Waals surface area contributed by atoms with E-state index in [4.69, 9.17) is 17.0 Å². The zero-order valence-corrected chi connectivity index (χ0v) is 20.0. The number of carboxylic acids is 1. The first kappa shape index (κ1) is 23.4. The quantitative estimate of drug-likeness (QED) is 0.392. The molecule has 0 radical (unpaired) electrons. The van der Waals surface area contributed by atoms with Crippen LogP contribution >= 0.6 is 12.2 Å². The first-order valence-corrected chi connectivity index (χ1v) is 11.3. The highest BCUT2D eigenvalue weighted by molar-refractivity contribution is 7.80. The monoisotopic (exact) mass is 478 g/mol. The van der Waals surface area contributed by atoms with E-state index in [-0.39, 0.29) is 30.0 Å². The fourth-order valence-electron chi connectivity index (χ4n) is 4.54. The molecule has 0 spiro atoms. The number of methoxy groups -OCH3 is 1. The van der Waals surface area contributed by atoms with Crippen LogP contribution in [0.2, 0.25) is 0 Å². The number of benzene rings is 1. The summed E-state index contributed by atoms with van der Waals surface area (Å²) in [5.41, 5.74) is 5.01. The summed E-state index contributed by atoms with van der Waals surface area (Å²) >= 11 is 5.67. The number of nitrogens with zero attached hydrogens (tertiary/aromatic N) is 3. The third-order valence-electron chi connectivity index (χ3n) is 6.14. The van der Waals surface area contributed by atoms with Gasteiger partial charge in [-0.3, -0.25) is 9.78 Å². The van der Waals surface area contributed by atoms with E-state index in [1.807, 2.05) is 36.9 Å². The van der Waals surface area contributed by atoms with E-state index < -0.39 is 5.97 Å². The smallest absolute Gasteiger partial charge is 0.335 e. The first-order valence-electron chi connectivity index (χ1n) is 10.9. The summed E-state index contributed by atoms with van der Waals surface area (Å²) in [6.45, 7) is 4.45. The van der Waals surface area contributed by atoms with Gasteiger partial charge in [-0.05, 0) is 74.1 Å². The minimum atomic E-state index is -0.960. The third-order valence-corrected chi connectivity index (χ3v) is 6.50. The van der Waals surface area contributed by atoms with E-state index in [2.05, 4.69) is 20.9 Å². The molecule has 8 nitrogen and oxygen atoms in total. The molecular weight excluding hydrogens is 452 g/mol. The van der Waals surface area contributed by atoms with Crippen molar-refractivity contribution in [3.8, 4) is 5.69 Å². The Morgan fingerprint density at radius 1 is 1.18 bits per heavy atom. The zero-order valence-electron chi connectivity index (χ0n) is 19.2. The predicted octanol–water partition coefficient (Wildman–Crippen LogP) is 3.72. The first-order chi connectivity index (χ1) is 16.3. The molecule has 3 aromatic rings. The lowest BCUT2D eigenvalue weighted by Gasteiger charge is -2.28. The summed E-state index contributed by atoms with van der Waals surface area (Å²) in [5, 5.41) is 13.2. The normalized spacial score (nSPS) is 17.5. The Morgan fingerprint density at radius 3 is 2.53 bits per heavy atom. The van der Waals surface area contributed by atoms with Gasteiger partial charge in [0, 0.05) is 29.8 Å². The molecule has 3 heterocycles. The number of thiocarbonyl (C=S) groups is 1. The van der Waals surface area contributed by atoms with Gasteiger partial charge in [0.1, 0.15) is 0 Å². The van der Waals surface area contributed by atoms with Gasteiger partial charge >= 0.3 is 11.9 Å². The fraction of sp³-hybridized carbons (Fsp3) is 0.280. The third kappa shape index (κ3) is 4.38. The van der Waals surface area contributed by atoms with Crippen molar-refractivity contribution >= 4 is 29.3 Å². The van der Waals surface area contributed by atoms with Crippen LogP contribution in [-0.4, -0.2) is 50.3 Å². The fourth-order valence-corrected chi connectivity index (χ4v) is 4.87. The number of aromatic carboxylic acids is 1. The van der Waals surface area contributed by atoms with Crippen LogP contribution < -0.4 is 5.32 Å². The Balaban J connectivity index is 1.77. The number of hydrogen-bond acceptors (Lipinski definition) is 5. The number of carboxylic acid groups (broad SMARTS) is 1. The van der Waals surface area contributed by atoms with Crippen molar-refractivity contribution in [1.82, 2.24) is 19.8 Å². The molecule has 2 aromatic heterocycles. The summed E-state index contributed by atoms with van der Waals surface area (Å²) in [7, 11) is 1.38. The SMILES string of the molecule is COC(=O)CCN1C(=S)N[C@@H](c2ccccn2)[C@H]1c1cc(C)n(-c2ccc(C(=O)O)cc2)c1C. The minimum absolute atomic E-state index is 0.190. The Morgan fingerprint density at radius 2 is 1.91 bits per heavy atom. The number of carbonyl (C=O) groups is 2. The molecule has 1 fully saturated rings. The summed E-state index contributed by atoms with van der Waals surface area (Å²) < 4.78 is 6.93. The van der Waals surface area contributed by atoms with Crippen molar-refractivity contribution in [2.45, 2.75) is 32.4 Å². The van der Waals surface area contributed by atoms with Crippen LogP contribution in [0.25, 0.3) is 5.69 Å². The molecule has 2 N–H and O–H groups in total. The van der Waals surface area contributed by atoms with E-state index in [0.717, 1.165) is 28.3 Å². The molecule has 2 atom stereocenters. The van der Waals surface area contributed by atoms with Crippen molar-refractivity contribution in [3.63, 3.8) is 0 Å². The molecule has 9 heteroatoms. The maximum absolute atomic E-state index is 11.9. The number of carbonyl (C=O) groups excluding carboxylic acids is 1. The number of pyridine rings is 1. The zero-order chi connectivity index (χ0) is 24.4. The van der Waals surface area contributed by atoms with Gasteiger partial charge in [-0.1, -0.05) is 6.07 Å². The summed E-state index contributed by atoms with van der Waals surface area (Å²) in [5.74, 6) is -1.26. The van der Waals surface area contributed by atoms with Gasteiger partial charge in [-0.2, -0.15) is 0 Å². The molecule has 0 saturated carbocycles. The Labute approximate surface area is 203 Å². The van der Waals surface area contributed by atoms with Gasteiger partial charge < -0.3 is 24.6 Å². The summed E-state index contributed by atoms with van der Waals surface area (Å²) in [4.78, 5) is 29.7. The second kappa shape index (κ2) is 9.64. The molecule has 1 aliphatic heterocycles. The summed E-state index contributed by atoms with van der Waals surface area (Å²) in [6.07, 6.45) is 1.96. The molecular formula is C25H26N4O4S.